The first kappa shape index (κ1) is 12.5. The molecular weight excluding hydrogens is 208 g/mol. The van der Waals surface area contributed by atoms with E-state index < -0.39 is 0 Å². The molecule has 16 heavy (non-hydrogen) atoms. The zero-order valence-corrected chi connectivity index (χ0v) is 9.45. The van der Waals surface area contributed by atoms with Crippen LogP contribution in [0.1, 0.15) is 10.4 Å². The van der Waals surface area contributed by atoms with E-state index in [2.05, 4.69) is 15.6 Å². The molecule has 1 aromatic rings. The van der Waals surface area contributed by atoms with Gasteiger partial charge in [0, 0.05) is 12.1 Å². The molecule has 0 aliphatic heterocycles. The fourth-order valence-corrected chi connectivity index (χ4v) is 1.13. The Morgan fingerprint density at radius 1 is 1.31 bits per heavy atom. The number of carbonyl (C=O) groups is 1. The quantitative estimate of drug-likeness (QED) is 0.548. The number of carbonyl (C=O) groups excluding carboxylic acids is 1. The molecule has 0 spiro atoms. The van der Waals surface area contributed by atoms with Crippen molar-refractivity contribution in [3.63, 3.8) is 0 Å². The lowest BCUT2D eigenvalue weighted by atomic mass is 10.2. The third-order valence-corrected chi connectivity index (χ3v) is 1.93. The van der Waals surface area contributed by atoms with Crippen molar-refractivity contribution >= 4 is 5.91 Å². The van der Waals surface area contributed by atoms with Crippen LogP contribution in [0.3, 0.4) is 0 Å². The van der Waals surface area contributed by atoms with Crippen molar-refractivity contribution in [1.29, 1.82) is 0 Å². The van der Waals surface area contributed by atoms with E-state index in [4.69, 9.17) is 4.74 Å². The van der Waals surface area contributed by atoms with E-state index in [1.54, 1.807) is 24.3 Å². The lowest BCUT2D eigenvalue weighted by Crippen LogP contribution is -2.21. The van der Waals surface area contributed by atoms with Crippen molar-refractivity contribution in [3.05, 3.63) is 29.8 Å². The summed E-state index contributed by atoms with van der Waals surface area (Å²) in [6.07, 6.45) is 0. The van der Waals surface area contributed by atoms with Crippen LogP contribution in [-0.2, 0) is 4.84 Å². The maximum Gasteiger partial charge on any atom is 0.274 e. The van der Waals surface area contributed by atoms with Crippen LogP contribution < -0.4 is 15.5 Å². The molecule has 0 radical (unpaired) electrons. The Labute approximate surface area is 94.7 Å². The highest BCUT2D eigenvalue weighted by Gasteiger charge is 2.04. The molecule has 5 nitrogen and oxygen atoms in total. The van der Waals surface area contributed by atoms with Crippen LogP contribution in [0.5, 0.6) is 5.75 Å². The van der Waals surface area contributed by atoms with Gasteiger partial charge in [0.15, 0.2) is 0 Å². The predicted molar refractivity (Wildman–Crippen MR) is 60.3 cm³/mol. The Kier molecular flexibility index (Phi) is 5.31. The van der Waals surface area contributed by atoms with E-state index in [-0.39, 0.29) is 5.91 Å². The first-order valence-electron chi connectivity index (χ1n) is 4.98. The summed E-state index contributed by atoms with van der Waals surface area (Å²) in [4.78, 5) is 15.9. The lowest BCUT2D eigenvalue weighted by Gasteiger charge is -2.06. The summed E-state index contributed by atoms with van der Waals surface area (Å²) in [6.45, 7) is 1.38. The second-order valence-corrected chi connectivity index (χ2v) is 3.11. The predicted octanol–water partition coefficient (Wildman–Crippen LogP) is 0.576. The van der Waals surface area contributed by atoms with Gasteiger partial charge in [0.1, 0.15) is 12.4 Å². The smallest absolute Gasteiger partial charge is 0.274 e. The van der Waals surface area contributed by atoms with Crippen LogP contribution in [0.25, 0.3) is 0 Å². The Morgan fingerprint density at radius 2 is 2.00 bits per heavy atom. The second-order valence-electron chi connectivity index (χ2n) is 3.11. The molecule has 1 amide bonds. The Hall–Kier alpha value is -1.59. The van der Waals surface area contributed by atoms with Crippen LogP contribution in [0.4, 0.5) is 0 Å². The highest BCUT2D eigenvalue weighted by atomic mass is 16.6. The molecule has 0 aliphatic rings. The normalized spacial score (nSPS) is 9.88. The molecule has 1 aromatic carbocycles. The summed E-state index contributed by atoms with van der Waals surface area (Å²) in [5.41, 5.74) is 2.77. The molecule has 0 atom stereocenters. The summed E-state index contributed by atoms with van der Waals surface area (Å²) in [7, 11) is 3.26. The minimum absolute atomic E-state index is 0.274. The standard InChI is InChI=1S/C11H16N2O3/c1-12-7-8-16-10-5-3-9(4-6-10)11(14)13-15-2/h3-6,12H,7-8H2,1-2H3,(H,13,14). The van der Waals surface area contributed by atoms with Gasteiger partial charge in [-0.05, 0) is 31.3 Å². The molecule has 0 saturated carbocycles. The molecular formula is C11H16N2O3. The molecule has 0 fully saturated rings. The second kappa shape index (κ2) is 6.81. The third kappa shape index (κ3) is 3.88. The topological polar surface area (TPSA) is 59.6 Å². The van der Waals surface area contributed by atoms with Crippen LogP contribution in [0.2, 0.25) is 0 Å². The van der Waals surface area contributed by atoms with Crippen molar-refractivity contribution in [2.45, 2.75) is 0 Å². The number of hydroxylamine groups is 1. The van der Waals surface area contributed by atoms with Gasteiger partial charge >= 0.3 is 0 Å². The number of hydrogen-bond donors (Lipinski definition) is 2. The van der Waals surface area contributed by atoms with Gasteiger partial charge < -0.3 is 10.1 Å². The summed E-state index contributed by atoms with van der Waals surface area (Å²) in [5.74, 6) is 0.466. The molecule has 5 heteroatoms. The molecule has 0 unspecified atom stereocenters. The zero-order valence-electron chi connectivity index (χ0n) is 9.45. The fourth-order valence-electron chi connectivity index (χ4n) is 1.13. The van der Waals surface area contributed by atoms with Crippen molar-refractivity contribution in [2.24, 2.45) is 0 Å². The molecule has 0 saturated heterocycles. The number of amides is 1. The van der Waals surface area contributed by atoms with Crippen LogP contribution in [0.15, 0.2) is 24.3 Å². The van der Waals surface area contributed by atoms with Gasteiger partial charge in [0.25, 0.3) is 5.91 Å². The van der Waals surface area contributed by atoms with Crippen LogP contribution >= 0.6 is 0 Å². The van der Waals surface area contributed by atoms with E-state index in [1.165, 1.54) is 7.11 Å². The number of ether oxygens (including phenoxy) is 1. The highest BCUT2D eigenvalue weighted by Crippen LogP contribution is 2.11. The number of likely N-dealkylation sites (N-methyl/N-ethyl adjacent to an activating group) is 1. The Bertz CT molecular complexity index is 325. The maximum absolute atomic E-state index is 11.3. The molecule has 0 bridgehead atoms. The summed E-state index contributed by atoms with van der Waals surface area (Å²) in [5, 5.41) is 2.98. The molecule has 1 rings (SSSR count). The van der Waals surface area contributed by atoms with Crippen LogP contribution in [0, 0.1) is 0 Å². The van der Waals surface area contributed by atoms with Gasteiger partial charge in [-0.3, -0.25) is 9.63 Å². The van der Waals surface area contributed by atoms with E-state index >= 15 is 0 Å². The average molecular weight is 224 g/mol. The van der Waals surface area contributed by atoms with Crippen LogP contribution in [-0.4, -0.2) is 33.2 Å². The van der Waals surface area contributed by atoms with E-state index in [0.717, 1.165) is 12.3 Å². The van der Waals surface area contributed by atoms with Crippen molar-refractivity contribution < 1.29 is 14.4 Å². The van der Waals surface area contributed by atoms with E-state index in [1.807, 2.05) is 7.05 Å². The van der Waals surface area contributed by atoms with Crippen molar-refractivity contribution in [1.82, 2.24) is 10.8 Å². The number of benzene rings is 1. The Balaban J connectivity index is 2.50. The number of hydrogen-bond acceptors (Lipinski definition) is 4. The minimum atomic E-state index is -0.274. The minimum Gasteiger partial charge on any atom is -0.492 e. The number of nitrogens with one attached hydrogen (secondary N) is 2. The molecule has 0 aromatic heterocycles. The molecule has 0 heterocycles. The van der Waals surface area contributed by atoms with Gasteiger partial charge in [-0.15, -0.1) is 0 Å². The molecule has 0 aliphatic carbocycles. The third-order valence-electron chi connectivity index (χ3n) is 1.93. The summed E-state index contributed by atoms with van der Waals surface area (Å²) in [6, 6.07) is 6.87. The lowest BCUT2D eigenvalue weighted by molar-refractivity contribution is 0.0537. The molecule has 2 N–H and O–H groups in total. The van der Waals surface area contributed by atoms with Crippen molar-refractivity contribution in [3.8, 4) is 5.75 Å². The van der Waals surface area contributed by atoms with Gasteiger partial charge in [-0.25, -0.2) is 5.48 Å². The van der Waals surface area contributed by atoms with Crippen molar-refractivity contribution in [2.75, 3.05) is 27.3 Å². The first-order chi connectivity index (χ1) is 7.77. The van der Waals surface area contributed by atoms with Gasteiger partial charge in [0.2, 0.25) is 0 Å². The first-order valence-corrected chi connectivity index (χ1v) is 4.98. The zero-order chi connectivity index (χ0) is 11.8. The average Bonchev–Trinajstić information content (AvgIpc) is 2.30. The maximum atomic E-state index is 11.3. The van der Waals surface area contributed by atoms with Gasteiger partial charge in [-0.1, -0.05) is 0 Å². The summed E-state index contributed by atoms with van der Waals surface area (Å²) < 4.78 is 5.42. The fraction of sp³-hybridized carbons (Fsp3) is 0.364. The number of rotatable bonds is 6. The molecule has 88 valence electrons. The van der Waals surface area contributed by atoms with Gasteiger partial charge in [0.05, 0.1) is 7.11 Å². The van der Waals surface area contributed by atoms with E-state index in [0.29, 0.717) is 12.2 Å². The van der Waals surface area contributed by atoms with E-state index in [9.17, 15) is 4.79 Å². The Morgan fingerprint density at radius 3 is 2.56 bits per heavy atom. The largest absolute Gasteiger partial charge is 0.492 e. The van der Waals surface area contributed by atoms with Gasteiger partial charge in [-0.2, -0.15) is 0 Å². The summed E-state index contributed by atoms with van der Waals surface area (Å²) >= 11 is 0. The SMILES string of the molecule is CNCCOc1ccc(C(=O)NOC)cc1. The highest BCUT2D eigenvalue weighted by molar-refractivity contribution is 5.93. The monoisotopic (exact) mass is 224 g/mol.